The van der Waals surface area contributed by atoms with Crippen molar-refractivity contribution in [2.24, 2.45) is 5.73 Å². The van der Waals surface area contributed by atoms with Crippen LogP contribution in [0.25, 0.3) is 5.69 Å². The molecule has 2 aromatic heterocycles. The highest BCUT2D eigenvalue weighted by molar-refractivity contribution is 7.80. The van der Waals surface area contributed by atoms with Gasteiger partial charge in [0.15, 0.2) is 0 Å². The average Bonchev–Trinajstić information content (AvgIpc) is 2.62. The molecule has 0 fully saturated rings. The molecule has 0 saturated carbocycles. The molecule has 2 N–H and O–H groups in total. The summed E-state index contributed by atoms with van der Waals surface area (Å²) >= 11 is 5.19. The van der Waals surface area contributed by atoms with E-state index in [0.29, 0.717) is 4.99 Å². The van der Waals surface area contributed by atoms with Crippen LogP contribution in [-0.2, 0) is 6.42 Å². The first-order valence-corrected chi connectivity index (χ1v) is 7.11. The van der Waals surface area contributed by atoms with E-state index in [9.17, 15) is 0 Å². The lowest BCUT2D eigenvalue weighted by Crippen LogP contribution is -2.18. The van der Waals surface area contributed by atoms with Gasteiger partial charge in [0.1, 0.15) is 4.99 Å². The lowest BCUT2D eigenvalue weighted by Gasteiger charge is -2.13. The molecular formula is C15H20N4S. The lowest BCUT2D eigenvalue weighted by atomic mass is 10.1. The minimum Gasteiger partial charge on any atom is -0.389 e. The smallest absolute Gasteiger partial charge is 0.108 e. The maximum absolute atomic E-state index is 5.88. The van der Waals surface area contributed by atoms with Gasteiger partial charge < -0.3 is 5.73 Å². The molecule has 0 aliphatic heterocycles. The highest BCUT2D eigenvalue weighted by atomic mass is 32.1. The second-order valence-electron chi connectivity index (χ2n) is 5.02. The standard InChI is InChI=1S/C15H20N4S/c1-6-12-9(3)18-19(11(12)5)13-7-8(2)17-10(4)14(13)15(16)20/h7H,6H2,1-5H3,(H2,16,20). The molecular weight excluding hydrogens is 268 g/mol. The van der Waals surface area contributed by atoms with Gasteiger partial charge in [-0.2, -0.15) is 5.10 Å². The normalized spacial score (nSPS) is 10.8. The topological polar surface area (TPSA) is 56.7 Å². The molecule has 0 aliphatic carbocycles. The minimum atomic E-state index is 0.357. The molecule has 106 valence electrons. The molecule has 0 amide bonds. The molecule has 2 rings (SSSR count). The Kier molecular flexibility index (Phi) is 3.90. The molecule has 0 aromatic carbocycles. The Hall–Kier alpha value is -1.75. The first-order chi connectivity index (χ1) is 9.36. The van der Waals surface area contributed by atoms with E-state index in [2.05, 4.69) is 23.9 Å². The molecule has 0 bridgehead atoms. The minimum absolute atomic E-state index is 0.357. The molecule has 0 aliphatic rings. The number of aromatic nitrogens is 3. The van der Waals surface area contributed by atoms with Gasteiger partial charge in [0.05, 0.1) is 16.9 Å². The SMILES string of the molecule is CCc1c(C)nn(-c2cc(C)nc(C)c2C(N)=S)c1C. The Morgan fingerprint density at radius 3 is 2.40 bits per heavy atom. The largest absolute Gasteiger partial charge is 0.389 e. The molecule has 0 spiro atoms. The summed E-state index contributed by atoms with van der Waals surface area (Å²) in [5.41, 5.74) is 12.8. The van der Waals surface area contributed by atoms with Gasteiger partial charge >= 0.3 is 0 Å². The van der Waals surface area contributed by atoms with Crippen LogP contribution < -0.4 is 5.73 Å². The van der Waals surface area contributed by atoms with E-state index in [4.69, 9.17) is 18.0 Å². The Morgan fingerprint density at radius 1 is 1.25 bits per heavy atom. The summed E-state index contributed by atoms with van der Waals surface area (Å²) in [4.78, 5) is 4.81. The summed E-state index contributed by atoms with van der Waals surface area (Å²) < 4.78 is 1.93. The van der Waals surface area contributed by atoms with Crippen LogP contribution >= 0.6 is 12.2 Å². The fourth-order valence-corrected chi connectivity index (χ4v) is 2.95. The van der Waals surface area contributed by atoms with Gasteiger partial charge in [-0.25, -0.2) is 4.68 Å². The van der Waals surface area contributed by atoms with Crippen LogP contribution in [0.15, 0.2) is 6.07 Å². The van der Waals surface area contributed by atoms with Gasteiger partial charge in [-0.05, 0) is 45.7 Å². The van der Waals surface area contributed by atoms with Crippen molar-refractivity contribution >= 4 is 17.2 Å². The number of aryl methyl sites for hydroxylation is 3. The fourth-order valence-electron chi connectivity index (χ4n) is 2.70. The van der Waals surface area contributed by atoms with E-state index in [0.717, 1.165) is 40.4 Å². The van der Waals surface area contributed by atoms with Crippen molar-refractivity contribution in [3.63, 3.8) is 0 Å². The second kappa shape index (κ2) is 5.32. The number of hydrogen-bond donors (Lipinski definition) is 1. The molecule has 2 aromatic rings. The van der Waals surface area contributed by atoms with Crippen LogP contribution in [0.3, 0.4) is 0 Å². The summed E-state index contributed by atoms with van der Waals surface area (Å²) in [5, 5.41) is 4.65. The maximum Gasteiger partial charge on any atom is 0.108 e. The molecule has 0 unspecified atom stereocenters. The third-order valence-corrected chi connectivity index (χ3v) is 3.78. The summed E-state index contributed by atoms with van der Waals surface area (Å²) in [6.07, 6.45) is 0.961. The number of pyridine rings is 1. The summed E-state index contributed by atoms with van der Waals surface area (Å²) in [7, 11) is 0. The van der Waals surface area contributed by atoms with Crippen molar-refractivity contribution in [3.05, 3.63) is 40.0 Å². The average molecular weight is 288 g/mol. The van der Waals surface area contributed by atoms with Crippen molar-refractivity contribution in [2.45, 2.75) is 41.0 Å². The molecule has 5 heteroatoms. The Bertz CT molecular complexity index is 686. The zero-order valence-electron chi connectivity index (χ0n) is 12.6. The van der Waals surface area contributed by atoms with Gasteiger partial charge in [0.2, 0.25) is 0 Å². The van der Waals surface area contributed by atoms with Crippen molar-refractivity contribution in [3.8, 4) is 5.69 Å². The van der Waals surface area contributed by atoms with Gasteiger partial charge in [0, 0.05) is 17.1 Å². The highest BCUT2D eigenvalue weighted by Gasteiger charge is 2.17. The lowest BCUT2D eigenvalue weighted by molar-refractivity contribution is 0.824. The van der Waals surface area contributed by atoms with E-state index in [1.54, 1.807) is 0 Å². The number of rotatable bonds is 3. The number of hydrogen-bond acceptors (Lipinski definition) is 3. The van der Waals surface area contributed by atoms with Gasteiger partial charge in [-0.1, -0.05) is 19.1 Å². The third kappa shape index (κ3) is 2.33. The quantitative estimate of drug-likeness (QED) is 0.882. The second-order valence-corrected chi connectivity index (χ2v) is 5.46. The molecule has 4 nitrogen and oxygen atoms in total. The van der Waals surface area contributed by atoms with Crippen LogP contribution in [0, 0.1) is 27.7 Å². The van der Waals surface area contributed by atoms with E-state index in [-0.39, 0.29) is 0 Å². The number of nitrogens with two attached hydrogens (primary N) is 1. The van der Waals surface area contributed by atoms with Crippen LogP contribution in [0.2, 0.25) is 0 Å². The maximum atomic E-state index is 5.88. The first-order valence-electron chi connectivity index (χ1n) is 6.70. The first kappa shape index (κ1) is 14.7. The van der Waals surface area contributed by atoms with E-state index in [1.807, 2.05) is 31.5 Å². The fraction of sp³-hybridized carbons (Fsp3) is 0.400. The predicted molar refractivity (Wildman–Crippen MR) is 85.6 cm³/mol. The van der Waals surface area contributed by atoms with Gasteiger partial charge in [-0.3, -0.25) is 4.98 Å². The highest BCUT2D eigenvalue weighted by Crippen LogP contribution is 2.23. The van der Waals surface area contributed by atoms with Crippen molar-refractivity contribution in [2.75, 3.05) is 0 Å². The third-order valence-electron chi connectivity index (χ3n) is 3.58. The predicted octanol–water partition coefficient (Wildman–Crippen LogP) is 2.70. The van der Waals surface area contributed by atoms with Crippen LogP contribution in [0.4, 0.5) is 0 Å². The monoisotopic (exact) mass is 288 g/mol. The van der Waals surface area contributed by atoms with E-state index < -0.39 is 0 Å². The van der Waals surface area contributed by atoms with Crippen molar-refractivity contribution in [1.82, 2.24) is 14.8 Å². The van der Waals surface area contributed by atoms with Crippen molar-refractivity contribution in [1.29, 1.82) is 0 Å². The Labute approximate surface area is 125 Å². The molecule has 2 heterocycles. The van der Waals surface area contributed by atoms with Crippen LogP contribution in [0.5, 0.6) is 0 Å². The zero-order valence-corrected chi connectivity index (χ0v) is 13.4. The van der Waals surface area contributed by atoms with Crippen molar-refractivity contribution < 1.29 is 0 Å². The Balaban J connectivity index is 2.79. The molecule has 0 saturated heterocycles. The number of nitrogens with zero attached hydrogens (tertiary/aromatic N) is 3. The van der Waals surface area contributed by atoms with E-state index >= 15 is 0 Å². The molecule has 20 heavy (non-hydrogen) atoms. The van der Waals surface area contributed by atoms with Crippen LogP contribution in [0.1, 0.15) is 40.8 Å². The summed E-state index contributed by atoms with van der Waals surface area (Å²) in [5.74, 6) is 0. The van der Waals surface area contributed by atoms with Crippen LogP contribution in [-0.4, -0.2) is 19.8 Å². The number of thiocarbonyl (C=S) groups is 1. The van der Waals surface area contributed by atoms with E-state index in [1.165, 1.54) is 5.56 Å². The zero-order chi connectivity index (χ0) is 15.0. The van der Waals surface area contributed by atoms with Gasteiger partial charge in [0.25, 0.3) is 0 Å². The molecule has 0 atom stereocenters. The van der Waals surface area contributed by atoms with Gasteiger partial charge in [-0.15, -0.1) is 0 Å². The Morgan fingerprint density at radius 2 is 1.90 bits per heavy atom. The molecule has 0 radical (unpaired) electrons. The summed E-state index contributed by atoms with van der Waals surface area (Å²) in [6, 6.07) is 1.99. The summed E-state index contributed by atoms with van der Waals surface area (Å²) in [6.45, 7) is 10.1.